The first-order chi connectivity index (χ1) is 3.50. The highest BCUT2D eigenvalue weighted by molar-refractivity contribution is 4.18. The third kappa shape index (κ3) is 3.40. The number of nitro groups is 1. The van der Waals surface area contributed by atoms with E-state index in [-0.39, 0.29) is 6.42 Å². The number of nitrogens with zero attached hydrogens (tertiary/aromatic N) is 1. The molecular weight excluding hydrogens is 82.0 g/mol. The van der Waals surface area contributed by atoms with Crippen molar-refractivity contribution in [3.05, 3.63) is 10.1 Å². The Bertz CT molecular complexity index is 103. The summed E-state index contributed by atoms with van der Waals surface area (Å²) in [4.78, 5) is 8.76. The maximum Gasteiger partial charge on any atom is 0.203 e. The van der Waals surface area contributed by atoms with Crippen LogP contribution in [0.1, 0.15) is 16.1 Å². The lowest BCUT2D eigenvalue weighted by atomic mass is 10.5. The fourth-order valence-electron chi connectivity index (χ4n) is 0.129. The first kappa shape index (κ1) is 2.55. The van der Waals surface area contributed by atoms with Gasteiger partial charge in [0, 0.05) is 11.3 Å². The Labute approximate surface area is 38.9 Å². The van der Waals surface area contributed by atoms with Crippen LogP contribution in [-0.2, 0) is 0 Å². The second-order valence-corrected chi connectivity index (χ2v) is 0.769. The van der Waals surface area contributed by atoms with Crippen molar-refractivity contribution < 1.29 is 7.66 Å². The van der Waals surface area contributed by atoms with Gasteiger partial charge in [-0.25, -0.2) is 0 Å². The molecule has 0 amide bonds. The molecule has 0 bridgehead atoms. The zero-order valence-electron chi connectivity index (χ0n) is 5.47. The number of hydrogen-bond acceptors (Lipinski definition) is 2. The Morgan fingerprint density at radius 1 is 2.17 bits per heavy atom. The summed E-state index contributed by atoms with van der Waals surface area (Å²) >= 11 is 0. The van der Waals surface area contributed by atoms with Crippen LogP contribution in [-0.4, -0.2) is 11.4 Å². The molecule has 6 heavy (non-hydrogen) atoms. The van der Waals surface area contributed by atoms with Crippen LogP contribution in [0.4, 0.5) is 0 Å². The topological polar surface area (TPSA) is 43.1 Å². The SMILES string of the molecule is [2H]C([2H])(CC)[N+](=O)[O-]. The summed E-state index contributed by atoms with van der Waals surface area (Å²) in [6, 6.07) is 0. The minimum atomic E-state index is -2.24. The summed E-state index contributed by atoms with van der Waals surface area (Å²) in [6.07, 6.45) is -0.0833. The van der Waals surface area contributed by atoms with Gasteiger partial charge in [-0.2, -0.15) is 0 Å². The summed E-state index contributed by atoms with van der Waals surface area (Å²) in [7, 11) is 0. The van der Waals surface area contributed by atoms with E-state index in [4.69, 9.17) is 2.74 Å². The number of hydrogen-bond donors (Lipinski definition) is 0. The third-order valence-electron chi connectivity index (χ3n) is 0.287. The van der Waals surface area contributed by atoms with E-state index in [1.54, 1.807) is 0 Å². The van der Waals surface area contributed by atoms with E-state index in [1.165, 1.54) is 6.92 Å². The molecule has 0 radical (unpaired) electrons. The molecule has 0 aliphatic heterocycles. The summed E-state index contributed by atoms with van der Waals surface area (Å²) < 4.78 is 13.2. The second-order valence-electron chi connectivity index (χ2n) is 0.769. The van der Waals surface area contributed by atoms with Crippen LogP contribution in [0.3, 0.4) is 0 Å². The van der Waals surface area contributed by atoms with Gasteiger partial charge in [0.05, 0.1) is 0 Å². The average Bonchev–Trinajstić information content (AvgIpc) is 1.67. The van der Waals surface area contributed by atoms with Gasteiger partial charge >= 0.3 is 0 Å². The molecule has 0 aromatic heterocycles. The van der Waals surface area contributed by atoms with Crippen molar-refractivity contribution in [3.8, 4) is 0 Å². The van der Waals surface area contributed by atoms with E-state index < -0.39 is 11.4 Å². The predicted molar refractivity (Wildman–Crippen MR) is 22.2 cm³/mol. The van der Waals surface area contributed by atoms with E-state index >= 15 is 0 Å². The smallest absolute Gasteiger partial charge is 0.203 e. The third-order valence-corrected chi connectivity index (χ3v) is 0.287. The average molecular weight is 91.1 g/mol. The molecule has 0 N–H and O–H groups in total. The van der Waals surface area contributed by atoms with E-state index in [2.05, 4.69) is 0 Å². The molecule has 36 valence electrons. The monoisotopic (exact) mass is 91.1 g/mol. The molecule has 0 fully saturated rings. The first-order valence-corrected chi connectivity index (χ1v) is 1.65. The lowest BCUT2D eigenvalue weighted by Crippen LogP contribution is -1.96. The van der Waals surface area contributed by atoms with Gasteiger partial charge < -0.3 is 0 Å². The second kappa shape index (κ2) is 2.63. The summed E-state index contributed by atoms with van der Waals surface area (Å²) in [5, 5.41) is 9.68. The first-order valence-electron chi connectivity index (χ1n) is 2.65. The largest absolute Gasteiger partial charge is 0.265 e. The van der Waals surface area contributed by atoms with E-state index in [1.807, 2.05) is 0 Å². The fourth-order valence-corrected chi connectivity index (χ4v) is 0.129. The molecule has 0 saturated carbocycles. The van der Waals surface area contributed by atoms with Gasteiger partial charge in [0.2, 0.25) is 6.50 Å². The van der Waals surface area contributed by atoms with E-state index in [0.717, 1.165) is 0 Å². The van der Waals surface area contributed by atoms with Crippen LogP contribution >= 0.6 is 0 Å². The van der Waals surface area contributed by atoms with Gasteiger partial charge in [0.25, 0.3) is 0 Å². The van der Waals surface area contributed by atoms with Gasteiger partial charge in [-0.3, -0.25) is 10.1 Å². The molecule has 0 aromatic carbocycles. The van der Waals surface area contributed by atoms with Crippen LogP contribution in [0.15, 0.2) is 0 Å². The Hall–Kier alpha value is -0.600. The zero-order chi connectivity index (χ0) is 6.78. The van der Waals surface area contributed by atoms with Crippen molar-refractivity contribution in [1.29, 1.82) is 0 Å². The maximum absolute atomic E-state index is 9.68. The Kier molecular flexibility index (Phi) is 1.12. The quantitative estimate of drug-likeness (QED) is 0.370. The Morgan fingerprint density at radius 3 is 2.67 bits per heavy atom. The molecule has 0 unspecified atom stereocenters. The zero-order valence-corrected chi connectivity index (χ0v) is 3.47. The van der Waals surface area contributed by atoms with Crippen molar-refractivity contribution in [2.75, 3.05) is 6.50 Å². The van der Waals surface area contributed by atoms with E-state index in [0.29, 0.717) is 0 Å². The van der Waals surface area contributed by atoms with Gasteiger partial charge in [-0.05, 0) is 0 Å². The van der Waals surface area contributed by atoms with Crippen molar-refractivity contribution in [1.82, 2.24) is 0 Å². The lowest BCUT2D eigenvalue weighted by molar-refractivity contribution is -0.479. The van der Waals surface area contributed by atoms with Crippen LogP contribution in [0.5, 0.6) is 0 Å². The van der Waals surface area contributed by atoms with Crippen LogP contribution in [0.25, 0.3) is 0 Å². The highest BCUT2D eigenvalue weighted by Gasteiger charge is 1.85. The molecule has 0 heterocycles. The summed E-state index contributed by atoms with van der Waals surface area (Å²) in [6.45, 7) is -0.803. The predicted octanol–water partition coefficient (Wildman–Crippen LogP) is 0.673. The Morgan fingerprint density at radius 2 is 2.67 bits per heavy atom. The minimum Gasteiger partial charge on any atom is -0.265 e. The summed E-state index contributed by atoms with van der Waals surface area (Å²) in [5.74, 6) is 0. The molecule has 3 heteroatoms. The minimum absolute atomic E-state index is 0.0833. The van der Waals surface area contributed by atoms with Crippen molar-refractivity contribution in [2.24, 2.45) is 0 Å². The van der Waals surface area contributed by atoms with Crippen LogP contribution in [0, 0.1) is 10.1 Å². The molecule has 0 rings (SSSR count). The molecule has 0 spiro atoms. The van der Waals surface area contributed by atoms with Crippen molar-refractivity contribution in [3.63, 3.8) is 0 Å². The van der Waals surface area contributed by atoms with Crippen LogP contribution < -0.4 is 0 Å². The van der Waals surface area contributed by atoms with Gasteiger partial charge in [0.1, 0.15) is 2.74 Å². The van der Waals surface area contributed by atoms with Gasteiger partial charge in [-0.1, -0.05) is 6.92 Å². The molecule has 0 aliphatic carbocycles. The normalized spacial score (nSPS) is 15.5. The molecule has 0 atom stereocenters. The molecular formula is C3H7NO2. The standard InChI is InChI=1S/C3H7NO2/c1-2-3-4(5)6/h2-3H2,1H3/i3D2. The van der Waals surface area contributed by atoms with Gasteiger partial charge in [0.15, 0.2) is 0 Å². The molecule has 0 aromatic rings. The lowest BCUT2D eigenvalue weighted by Gasteiger charge is -1.80. The molecule has 0 saturated heterocycles. The highest BCUT2D eigenvalue weighted by atomic mass is 16.6. The number of rotatable bonds is 2. The van der Waals surface area contributed by atoms with E-state index in [9.17, 15) is 10.1 Å². The fraction of sp³-hybridized carbons (Fsp3) is 1.00. The maximum atomic E-state index is 9.68. The van der Waals surface area contributed by atoms with Crippen molar-refractivity contribution in [2.45, 2.75) is 13.3 Å². The van der Waals surface area contributed by atoms with Gasteiger partial charge in [-0.15, -0.1) is 0 Å². The van der Waals surface area contributed by atoms with Crippen LogP contribution in [0.2, 0.25) is 0 Å². The molecule has 0 aliphatic rings. The summed E-state index contributed by atoms with van der Waals surface area (Å²) in [5.41, 5.74) is 0. The highest BCUT2D eigenvalue weighted by Crippen LogP contribution is 1.72. The Balaban J connectivity index is 3.91. The van der Waals surface area contributed by atoms with Crippen molar-refractivity contribution >= 4 is 0 Å². The molecule has 3 nitrogen and oxygen atoms in total.